The average Bonchev–Trinajstić information content (AvgIpc) is 2.71. The summed E-state index contributed by atoms with van der Waals surface area (Å²) < 4.78 is 14.4. The van der Waals surface area contributed by atoms with Crippen LogP contribution in [0.3, 0.4) is 0 Å². The number of halogens is 1. The maximum atomic E-state index is 13.3. The van der Waals surface area contributed by atoms with Crippen LogP contribution in [-0.4, -0.2) is 16.3 Å². The molecule has 0 unspecified atom stereocenters. The number of nitrogens with zero attached hydrogens (tertiary/aromatic N) is 1. The number of rotatable bonds is 6. The lowest BCUT2D eigenvalue weighted by molar-refractivity contribution is -0.123. The number of nitrogens with one attached hydrogen (secondary N) is 1. The van der Waals surface area contributed by atoms with Crippen LogP contribution >= 0.6 is 0 Å². The highest BCUT2D eigenvalue weighted by Crippen LogP contribution is 2.18. The largest absolute Gasteiger partial charge is 0.347 e. The van der Waals surface area contributed by atoms with Crippen LogP contribution in [0.2, 0.25) is 0 Å². The Balaban J connectivity index is 1.99. The molecule has 1 N–H and O–H groups in total. The van der Waals surface area contributed by atoms with Crippen LogP contribution in [0.5, 0.6) is 0 Å². The number of carbonyl (C=O) groups is 2. The second kappa shape index (κ2) is 8.65. The third kappa shape index (κ3) is 4.66. The molecule has 6 heteroatoms. The van der Waals surface area contributed by atoms with E-state index in [0.29, 0.717) is 0 Å². The lowest BCUT2D eigenvalue weighted by atomic mass is 10.0. The number of hydrogen-bond donors (Lipinski definition) is 1. The second-order valence-electron chi connectivity index (χ2n) is 6.87. The van der Waals surface area contributed by atoms with Crippen molar-refractivity contribution in [1.82, 2.24) is 9.88 Å². The number of Topliss-reactive ketones (excluding diaryl/α,β-unsaturated/α-hetero) is 1. The van der Waals surface area contributed by atoms with Gasteiger partial charge in [0.1, 0.15) is 5.82 Å². The number of ketones is 1. The SMILES string of the molecule is Cc1ccc(=O)n([C@H](C(=O)N[C@H](C)c2ccccc2)C(=O)c2ccc(F)cc2)c1. The molecule has 0 saturated heterocycles. The third-order valence-electron chi connectivity index (χ3n) is 4.65. The molecule has 0 fully saturated rings. The summed E-state index contributed by atoms with van der Waals surface area (Å²) in [6.07, 6.45) is 1.47. The Labute approximate surface area is 167 Å². The molecule has 3 rings (SSSR count). The summed E-state index contributed by atoms with van der Waals surface area (Å²) >= 11 is 0. The Kier molecular flexibility index (Phi) is 6.02. The summed E-state index contributed by atoms with van der Waals surface area (Å²) in [6, 6.07) is 15.4. The highest BCUT2D eigenvalue weighted by atomic mass is 19.1. The molecule has 0 bridgehead atoms. The first-order valence-corrected chi connectivity index (χ1v) is 9.20. The first kappa shape index (κ1) is 20.2. The monoisotopic (exact) mass is 392 g/mol. The van der Waals surface area contributed by atoms with Gasteiger partial charge < -0.3 is 5.32 Å². The minimum absolute atomic E-state index is 0.146. The fourth-order valence-electron chi connectivity index (χ4n) is 3.08. The zero-order valence-corrected chi connectivity index (χ0v) is 16.1. The highest BCUT2D eigenvalue weighted by molar-refractivity contribution is 6.11. The minimum atomic E-state index is -1.40. The summed E-state index contributed by atoms with van der Waals surface area (Å²) in [6.45, 7) is 3.56. The van der Waals surface area contributed by atoms with Gasteiger partial charge in [-0.3, -0.25) is 19.0 Å². The van der Waals surface area contributed by atoms with E-state index in [0.717, 1.165) is 27.8 Å². The molecule has 0 radical (unpaired) electrons. The first-order chi connectivity index (χ1) is 13.9. The minimum Gasteiger partial charge on any atom is -0.347 e. The van der Waals surface area contributed by atoms with Crippen LogP contribution in [0, 0.1) is 12.7 Å². The summed E-state index contributed by atoms with van der Waals surface area (Å²) in [7, 11) is 0. The van der Waals surface area contributed by atoms with Gasteiger partial charge in [-0.25, -0.2) is 4.39 Å². The van der Waals surface area contributed by atoms with Gasteiger partial charge in [-0.2, -0.15) is 0 Å². The van der Waals surface area contributed by atoms with Gasteiger partial charge in [0.2, 0.25) is 0 Å². The summed E-state index contributed by atoms with van der Waals surface area (Å²) in [5.74, 6) is -1.69. The van der Waals surface area contributed by atoms with Crippen LogP contribution in [-0.2, 0) is 4.79 Å². The number of benzene rings is 2. The van der Waals surface area contributed by atoms with Gasteiger partial charge in [-0.15, -0.1) is 0 Å². The third-order valence-corrected chi connectivity index (χ3v) is 4.65. The molecule has 1 amide bonds. The molecule has 2 aromatic carbocycles. The fourth-order valence-corrected chi connectivity index (χ4v) is 3.08. The Bertz CT molecular complexity index is 1080. The van der Waals surface area contributed by atoms with Crippen LogP contribution in [0.25, 0.3) is 0 Å². The molecule has 1 heterocycles. The van der Waals surface area contributed by atoms with E-state index < -0.39 is 29.1 Å². The molecular weight excluding hydrogens is 371 g/mol. The van der Waals surface area contributed by atoms with Crippen molar-refractivity contribution in [1.29, 1.82) is 0 Å². The maximum Gasteiger partial charge on any atom is 0.251 e. The molecule has 2 atom stereocenters. The van der Waals surface area contributed by atoms with Gasteiger partial charge in [0.05, 0.1) is 6.04 Å². The number of amides is 1. The van der Waals surface area contributed by atoms with E-state index in [2.05, 4.69) is 5.32 Å². The summed E-state index contributed by atoms with van der Waals surface area (Å²) in [5.41, 5.74) is 1.27. The van der Waals surface area contributed by atoms with E-state index in [-0.39, 0.29) is 11.6 Å². The molecule has 0 aliphatic heterocycles. The highest BCUT2D eigenvalue weighted by Gasteiger charge is 2.31. The quantitative estimate of drug-likeness (QED) is 0.515. The molecule has 148 valence electrons. The first-order valence-electron chi connectivity index (χ1n) is 9.20. The van der Waals surface area contributed by atoms with Crippen molar-refractivity contribution in [3.63, 3.8) is 0 Å². The molecule has 0 aliphatic carbocycles. The van der Waals surface area contributed by atoms with E-state index in [1.54, 1.807) is 19.9 Å². The fraction of sp³-hybridized carbons (Fsp3) is 0.174. The predicted molar refractivity (Wildman–Crippen MR) is 108 cm³/mol. The molecule has 1 aromatic heterocycles. The Morgan fingerprint density at radius 3 is 2.28 bits per heavy atom. The molecule has 3 aromatic rings. The summed E-state index contributed by atoms with van der Waals surface area (Å²) in [5, 5.41) is 2.81. The Hall–Kier alpha value is -3.54. The van der Waals surface area contributed by atoms with Crippen molar-refractivity contribution in [2.75, 3.05) is 0 Å². The van der Waals surface area contributed by atoms with Crippen LogP contribution < -0.4 is 10.9 Å². The van der Waals surface area contributed by atoms with Crippen molar-refractivity contribution in [2.45, 2.75) is 25.9 Å². The smallest absolute Gasteiger partial charge is 0.251 e. The van der Waals surface area contributed by atoms with E-state index in [4.69, 9.17) is 0 Å². The van der Waals surface area contributed by atoms with Crippen LogP contribution in [0.1, 0.15) is 40.5 Å². The van der Waals surface area contributed by atoms with Gasteiger partial charge in [0.15, 0.2) is 11.8 Å². The summed E-state index contributed by atoms with van der Waals surface area (Å²) in [4.78, 5) is 38.7. The van der Waals surface area contributed by atoms with Crippen molar-refractivity contribution in [2.24, 2.45) is 0 Å². The zero-order chi connectivity index (χ0) is 21.0. The predicted octanol–water partition coefficient (Wildman–Crippen LogP) is 3.60. The van der Waals surface area contributed by atoms with Gasteiger partial charge in [0, 0.05) is 17.8 Å². The van der Waals surface area contributed by atoms with Gasteiger partial charge in [-0.1, -0.05) is 36.4 Å². The molecule has 5 nitrogen and oxygen atoms in total. The number of aryl methyl sites for hydroxylation is 1. The second-order valence-corrected chi connectivity index (χ2v) is 6.87. The van der Waals surface area contributed by atoms with Crippen LogP contribution in [0.15, 0.2) is 77.7 Å². The van der Waals surface area contributed by atoms with Crippen molar-refractivity contribution < 1.29 is 14.0 Å². The zero-order valence-electron chi connectivity index (χ0n) is 16.1. The van der Waals surface area contributed by atoms with Crippen molar-refractivity contribution >= 4 is 11.7 Å². The van der Waals surface area contributed by atoms with Crippen molar-refractivity contribution in [3.05, 3.63) is 106 Å². The number of hydrogen-bond acceptors (Lipinski definition) is 3. The lowest BCUT2D eigenvalue weighted by Crippen LogP contribution is -2.42. The number of aromatic nitrogens is 1. The van der Waals surface area contributed by atoms with Gasteiger partial charge in [-0.05, 0) is 49.2 Å². The number of pyridine rings is 1. The number of carbonyl (C=O) groups excluding carboxylic acids is 2. The standard InChI is InChI=1S/C23H21FN2O3/c1-15-8-13-20(27)26(14-15)21(22(28)18-9-11-19(24)12-10-18)23(29)25-16(2)17-6-4-3-5-7-17/h3-14,16,21H,1-2H3,(H,25,29)/t16-,21+/m1/s1. The molecule has 0 spiro atoms. The van der Waals surface area contributed by atoms with Crippen LogP contribution in [0.4, 0.5) is 4.39 Å². The van der Waals surface area contributed by atoms with E-state index >= 15 is 0 Å². The topological polar surface area (TPSA) is 68.2 Å². The Morgan fingerprint density at radius 2 is 1.62 bits per heavy atom. The van der Waals surface area contributed by atoms with Crippen molar-refractivity contribution in [3.8, 4) is 0 Å². The van der Waals surface area contributed by atoms with Gasteiger partial charge >= 0.3 is 0 Å². The van der Waals surface area contributed by atoms with Gasteiger partial charge in [0.25, 0.3) is 11.5 Å². The molecule has 0 aliphatic rings. The molecule has 0 saturated carbocycles. The molecule has 29 heavy (non-hydrogen) atoms. The van der Waals surface area contributed by atoms with E-state index in [1.165, 1.54) is 24.4 Å². The lowest BCUT2D eigenvalue weighted by Gasteiger charge is -2.22. The normalized spacial score (nSPS) is 12.8. The molecular formula is C23H21FN2O3. The Morgan fingerprint density at radius 1 is 0.966 bits per heavy atom. The average molecular weight is 392 g/mol. The maximum absolute atomic E-state index is 13.3. The van der Waals surface area contributed by atoms with E-state index in [9.17, 15) is 18.8 Å². The van der Waals surface area contributed by atoms with E-state index in [1.807, 2.05) is 30.3 Å².